The second kappa shape index (κ2) is 4.70. The van der Waals surface area contributed by atoms with Crippen LogP contribution >= 0.6 is 11.8 Å². The quantitative estimate of drug-likeness (QED) is 0.747. The van der Waals surface area contributed by atoms with Gasteiger partial charge in [0.2, 0.25) is 0 Å². The highest BCUT2D eigenvalue weighted by Gasteiger charge is 2.24. The molecule has 0 bridgehead atoms. The molecule has 1 aliphatic heterocycles. The van der Waals surface area contributed by atoms with Crippen LogP contribution in [-0.4, -0.2) is 23.6 Å². The number of hydrogen-bond donors (Lipinski definition) is 1. The molecule has 1 aliphatic carbocycles. The summed E-state index contributed by atoms with van der Waals surface area (Å²) in [5.41, 5.74) is 0. The van der Waals surface area contributed by atoms with E-state index >= 15 is 0 Å². The van der Waals surface area contributed by atoms with E-state index in [1.807, 2.05) is 0 Å². The fourth-order valence-corrected chi connectivity index (χ4v) is 3.29. The molecular weight excluding hydrogens is 178 g/mol. The fourth-order valence-electron chi connectivity index (χ4n) is 2.19. The molecule has 2 heteroatoms. The lowest BCUT2D eigenvalue weighted by Gasteiger charge is -2.26. The lowest BCUT2D eigenvalue weighted by molar-refractivity contribution is 0.396. The van der Waals surface area contributed by atoms with Crippen molar-refractivity contribution in [1.29, 1.82) is 0 Å². The third-order valence-corrected chi connectivity index (χ3v) is 4.17. The molecule has 1 atom stereocenters. The first-order chi connectivity index (χ1) is 6.34. The average molecular weight is 199 g/mol. The zero-order chi connectivity index (χ0) is 9.10. The van der Waals surface area contributed by atoms with Gasteiger partial charge in [-0.15, -0.1) is 0 Å². The molecule has 0 aromatic heterocycles. The molecule has 0 amide bonds. The van der Waals surface area contributed by atoms with Crippen molar-refractivity contribution in [3.05, 3.63) is 0 Å². The Morgan fingerprint density at radius 2 is 1.92 bits per heavy atom. The summed E-state index contributed by atoms with van der Waals surface area (Å²) in [5.74, 6) is 3.81. The van der Waals surface area contributed by atoms with Gasteiger partial charge in [-0.05, 0) is 43.6 Å². The molecule has 0 spiro atoms. The van der Waals surface area contributed by atoms with Gasteiger partial charge < -0.3 is 5.32 Å². The Labute approximate surface area is 86.0 Å². The van der Waals surface area contributed by atoms with E-state index < -0.39 is 0 Å². The molecular formula is C11H21NS. The van der Waals surface area contributed by atoms with Crippen molar-refractivity contribution in [3.63, 3.8) is 0 Å². The Kier molecular flexibility index (Phi) is 3.56. The van der Waals surface area contributed by atoms with E-state index in [0.717, 1.165) is 18.0 Å². The maximum atomic E-state index is 3.78. The van der Waals surface area contributed by atoms with Gasteiger partial charge in [-0.2, -0.15) is 11.8 Å². The van der Waals surface area contributed by atoms with Crippen molar-refractivity contribution in [2.24, 2.45) is 5.92 Å². The second-order valence-electron chi connectivity index (χ2n) is 4.63. The largest absolute Gasteiger partial charge is 0.311 e. The van der Waals surface area contributed by atoms with Gasteiger partial charge in [-0.1, -0.05) is 12.8 Å². The van der Waals surface area contributed by atoms with Crippen LogP contribution in [0.1, 0.15) is 39.0 Å². The summed E-state index contributed by atoms with van der Waals surface area (Å²) in [7, 11) is 0. The van der Waals surface area contributed by atoms with Crippen LogP contribution < -0.4 is 5.32 Å². The summed E-state index contributed by atoms with van der Waals surface area (Å²) in [4.78, 5) is 0. The fraction of sp³-hybridized carbons (Fsp3) is 1.00. The maximum absolute atomic E-state index is 3.78. The molecule has 2 rings (SSSR count). The highest BCUT2D eigenvalue weighted by molar-refractivity contribution is 7.99. The standard InChI is InChI=1S/C11H21NS/c1-9(8-10-2-3-10)12-11-4-6-13-7-5-11/h9-12H,2-8H2,1H3. The van der Waals surface area contributed by atoms with Gasteiger partial charge in [-0.3, -0.25) is 0 Å². The third kappa shape index (κ3) is 3.51. The van der Waals surface area contributed by atoms with E-state index in [-0.39, 0.29) is 0 Å². The first-order valence-electron chi connectivity index (χ1n) is 5.68. The highest BCUT2D eigenvalue weighted by atomic mass is 32.2. The summed E-state index contributed by atoms with van der Waals surface area (Å²) < 4.78 is 0. The Bertz CT molecular complexity index is 150. The zero-order valence-corrected chi connectivity index (χ0v) is 9.41. The summed E-state index contributed by atoms with van der Waals surface area (Å²) in [6.07, 6.45) is 7.18. The Balaban J connectivity index is 1.62. The predicted octanol–water partition coefficient (Wildman–Crippen LogP) is 2.66. The Hall–Kier alpha value is 0.310. The Morgan fingerprint density at radius 3 is 2.54 bits per heavy atom. The van der Waals surface area contributed by atoms with Gasteiger partial charge in [0.15, 0.2) is 0 Å². The normalized spacial score (nSPS) is 27.5. The van der Waals surface area contributed by atoms with Crippen LogP contribution in [0.3, 0.4) is 0 Å². The number of thioether (sulfide) groups is 1. The van der Waals surface area contributed by atoms with Gasteiger partial charge in [0.1, 0.15) is 0 Å². The lowest BCUT2D eigenvalue weighted by Crippen LogP contribution is -2.39. The van der Waals surface area contributed by atoms with Gasteiger partial charge in [0.25, 0.3) is 0 Å². The minimum absolute atomic E-state index is 0.764. The average Bonchev–Trinajstić information content (AvgIpc) is 2.90. The molecule has 76 valence electrons. The van der Waals surface area contributed by atoms with Gasteiger partial charge in [0.05, 0.1) is 0 Å². The number of hydrogen-bond acceptors (Lipinski definition) is 2. The van der Waals surface area contributed by atoms with E-state index in [1.165, 1.54) is 43.6 Å². The van der Waals surface area contributed by atoms with E-state index in [2.05, 4.69) is 24.0 Å². The van der Waals surface area contributed by atoms with Crippen molar-refractivity contribution in [2.45, 2.75) is 51.1 Å². The molecule has 13 heavy (non-hydrogen) atoms. The number of rotatable bonds is 4. The highest BCUT2D eigenvalue weighted by Crippen LogP contribution is 2.33. The molecule has 0 aromatic rings. The second-order valence-corrected chi connectivity index (χ2v) is 5.86. The van der Waals surface area contributed by atoms with Crippen molar-refractivity contribution in [1.82, 2.24) is 5.32 Å². The molecule has 1 heterocycles. The topological polar surface area (TPSA) is 12.0 Å². The first-order valence-corrected chi connectivity index (χ1v) is 6.84. The van der Waals surface area contributed by atoms with Crippen LogP contribution in [0, 0.1) is 5.92 Å². The van der Waals surface area contributed by atoms with Gasteiger partial charge in [0, 0.05) is 12.1 Å². The monoisotopic (exact) mass is 199 g/mol. The smallest absolute Gasteiger partial charge is 0.00852 e. The minimum Gasteiger partial charge on any atom is -0.311 e. The molecule has 0 aromatic carbocycles. The first kappa shape index (κ1) is 9.85. The van der Waals surface area contributed by atoms with E-state index in [9.17, 15) is 0 Å². The predicted molar refractivity (Wildman–Crippen MR) is 60.3 cm³/mol. The van der Waals surface area contributed by atoms with Gasteiger partial charge >= 0.3 is 0 Å². The van der Waals surface area contributed by atoms with Crippen LogP contribution in [0.25, 0.3) is 0 Å². The summed E-state index contributed by atoms with van der Waals surface area (Å²) in [5, 5.41) is 3.78. The van der Waals surface area contributed by atoms with E-state index in [0.29, 0.717) is 0 Å². The van der Waals surface area contributed by atoms with E-state index in [1.54, 1.807) is 0 Å². The van der Waals surface area contributed by atoms with Crippen molar-refractivity contribution >= 4 is 11.8 Å². The molecule has 1 nitrogen and oxygen atoms in total. The SMILES string of the molecule is CC(CC1CC1)NC1CCSCC1. The van der Waals surface area contributed by atoms with Crippen LogP contribution in [0.5, 0.6) is 0 Å². The Morgan fingerprint density at radius 1 is 1.23 bits per heavy atom. The summed E-state index contributed by atoms with van der Waals surface area (Å²) in [6, 6.07) is 1.59. The van der Waals surface area contributed by atoms with Crippen molar-refractivity contribution < 1.29 is 0 Å². The lowest BCUT2D eigenvalue weighted by atomic mass is 10.1. The van der Waals surface area contributed by atoms with Crippen LogP contribution in [0.4, 0.5) is 0 Å². The van der Waals surface area contributed by atoms with Crippen LogP contribution in [0.15, 0.2) is 0 Å². The molecule has 0 radical (unpaired) electrons. The third-order valence-electron chi connectivity index (χ3n) is 3.13. The molecule has 1 saturated heterocycles. The minimum atomic E-state index is 0.764. The zero-order valence-electron chi connectivity index (χ0n) is 8.59. The molecule has 1 saturated carbocycles. The van der Waals surface area contributed by atoms with Crippen LogP contribution in [0.2, 0.25) is 0 Å². The molecule has 2 aliphatic rings. The van der Waals surface area contributed by atoms with Crippen LogP contribution in [-0.2, 0) is 0 Å². The van der Waals surface area contributed by atoms with Gasteiger partial charge in [-0.25, -0.2) is 0 Å². The number of nitrogens with one attached hydrogen (secondary N) is 1. The summed E-state index contributed by atoms with van der Waals surface area (Å²) >= 11 is 2.11. The molecule has 1 unspecified atom stereocenters. The van der Waals surface area contributed by atoms with Crippen molar-refractivity contribution in [2.75, 3.05) is 11.5 Å². The molecule has 2 fully saturated rings. The van der Waals surface area contributed by atoms with Crippen molar-refractivity contribution in [3.8, 4) is 0 Å². The summed E-state index contributed by atoms with van der Waals surface area (Å²) in [6.45, 7) is 2.36. The molecule has 1 N–H and O–H groups in total. The van der Waals surface area contributed by atoms with E-state index in [4.69, 9.17) is 0 Å². The maximum Gasteiger partial charge on any atom is 0.00852 e.